The molecule has 1 aromatic carbocycles. The lowest BCUT2D eigenvalue weighted by Crippen LogP contribution is -2.47. The van der Waals surface area contributed by atoms with E-state index in [1.54, 1.807) is 0 Å². The fourth-order valence-corrected chi connectivity index (χ4v) is 4.83. The van der Waals surface area contributed by atoms with E-state index in [0.29, 0.717) is 12.1 Å². The molecule has 2 amide bonds. The van der Waals surface area contributed by atoms with Crippen LogP contribution in [0, 0.1) is 0 Å². The minimum atomic E-state index is 0.139. The van der Waals surface area contributed by atoms with Crippen LogP contribution >= 0.6 is 11.6 Å². The van der Waals surface area contributed by atoms with Crippen LogP contribution in [0.25, 0.3) is 0 Å². The smallest absolute Gasteiger partial charge is 0.319 e. The standard InChI is InChI=1S/C19H26ClN3O/c20-15-5-3-4-14(12-15)18-13-22(16-6-1-2-7-16)19(24)23(18)17-8-10-21-11-9-17/h3-5,12,16-18,21H,1-2,6-11,13H2. The van der Waals surface area contributed by atoms with Crippen LogP contribution in [-0.4, -0.2) is 47.5 Å². The molecule has 2 saturated heterocycles. The Bertz CT molecular complexity index is 596. The zero-order valence-electron chi connectivity index (χ0n) is 14.1. The molecular formula is C19H26ClN3O. The van der Waals surface area contributed by atoms with Crippen molar-refractivity contribution in [2.75, 3.05) is 19.6 Å². The number of benzene rings is 1. The highest BCUT2D eigenvalue weighted by atomic mass is 35.5. The van der Waals surface area contributed by atoms with Crippen LogP contribution in [0.4, 0.5) is 4.79 Å². The number of halogens is 1. The van der Waals surface area contributed by atoms with Gasteiger partial charge in [0, 0.05) is 23.7 Å². The predicted molar refractivity (Wildman–Crippen MR) is 96.3 cm³/mol. The number of amides is 2. The van der Waals surface area contributed by atoms with Gasteiger partial charge in [0.05, 0.1) is 6.04 Å². The van der Waals surface area contributed by atoms with Crippen molar-refractivity contribution < 1.29 is 4.79 Å². The van der Waals surface area contributed by atoms with E-state index < -0.39 is 0 Å². The van der Waals surface area contributed by atoms with Gasteiger partial charge in [0.25, 0.3) is 0 Å². The van der Waals surface area contributed by atoms with Gasteiger partial charge in [0.1, 0.15) is 0 Å². The zero-order chi connectivity index (χ0) is 16.5. The fraction of sp³-hybridized carbons (Fsp3) is 0.632. The number of carbonyl (C=O) groups is 1. The molecule has 1 N–H and O–H groups in total. The molecule has 1 atom stereocenters. The second-order valence-electron chi connectivity index (χ2n) is 7.33. The maximum atomic E-state index is 13.3. The molecule has 0 aromatic heterocycles. The Morgan fingerprint density at radius 3 is 2.50 bits per heavy atom. The Morgan fingerprint density at radius 1 is 1.04 bits per heavy atom. The normalized spacial score (nSPS) is 26.5. The fourth-order valence-electron chi connectivity index (χ4n) is 4.63. The second-order valence-corrected chi connectivity index (χ2v) is 7.77. The highest BCUT2D eigenvalue weighted by molar-refractivity contribution is 6.30. The number of nitrogens with one attached hydrogen (secondary N) is 1. The highest BCUT2D eigenvalue weighted by Gasteiger charge is 2.44. The number of hydrogen-bond donors (Lipinski definition) is 1. The first kappa shape index (κ1) is 16.2. The van der Waals surface area contributed by atoms with E-state index in [1.807, 2.05) is 18.2 Å². The lowest BCUT2D eigenvalue weighted by atomic mass is 10.00. The Morgan fingerprint density at radius 2 is 1.79 bits per heavy atom. The van der Waals surface area contributed by atoms with Crippen LogP contribution in [0.5, 0.6) is 0 Å². The van der Waals surface area contributed by atoms with E-state index in [1.165, 1.54) is 18.4 Å². The Hall–Kier alpha value is -1.26. The van der Waals surface area contributed by atoms with Crippen molar-refractivity contribution in [2.24, 2.45) is 0 Å². The molecule has 3 aliphatic rings. The SMILES string of the molecule is O=C1N(C2CCCC2)CC(c2cccc(Cl)c2)N1C1CCNCC1. The van der Waals surface area contributed by atoms with E-state index >= 15 is 0 Å². The molecule has 4 rings (SSSR count). The van der Waals surface area contributed by atoms with Crippen molar-refractivity contribution >= 4 is 17.6 Å². The van der Waals surface area contributed by atoms with Gasteiger partial charge in [0.15, 0.2) is 0 Å². The first-order chi connectivity index (χ1) is 11.7. The van der Waals surface area contributed by atoms with Gasteiger partial charge < -0.3 is 15.1 Å². The molecule has 5 heteroatoms. The minimum Gasteiger partial charge on any atom is -0.319 e. The number of carbonyl (C=O) groups excluding carboxylic acids is 1. The maximum absolute atomic E-state index is 13.3. The van der Waals surface area contributed by atoms with Gasteiger partial charge in [-0.15, -0.1) is 0 Å². The number of piperidine rings is 1. The molecule has 1 aliphatic carbocycles. The van der Waals surface area contributed by atoms with E-state index in [4.69, 9.17) is 11.6 Å². The summed E-state index contributed by atoms with van der Waals surface area (Å²) in [5, 5.41) is 4.16. The molecule has 4 nitrogen and oxygen atoms in total. The quantitative estimate of drug-likeness (QED) is 0.902. The van der Waals surface area contributed by atoms with Crippen LogP contribution in [0.3, 0.4) is 0 Å². The van der Waals surface area contributed by atoms with Gasteiger partial charge in [-0.25, -0.2) is 4.79 Å². The second kappa shape index (κ2) is 6.93. The van der Waals surface area contributed by atoms with E-state index in [0.717, 1.165) is 50.3 Å². The Labute approximate surface area is 149 Å². The van der Waals surface area contributed by atoms with E-state index in [9.17, 15) is 4.79 Å². The molecule has 2 heterocycles. The summed E-state index contributed by atoms with van der Waals surface area (Å²) >= 11 is 6.23. The lowest BCUT2D eigenvalue weighted by molar-refractivity contribution is 0.144. The summed E-state index contributed by atoms with van der Waals surface area (Å²) in [5.41, 5.74) is 1.18. The van der Waals surface area contributed by atoms with Crippen LogP contribution < -0.4 is 5.32 Å². The maximum Gasteiger partial charge on any atom is 0.321 e. The summed E-state index contributed by atoms with van der Waals surface area (Å²) in [6, 6.07) is 9.23. The van der Waals surface area contributed by atoms with Gasteiger partial charge in [0.2, 0.25) is 0 Å². The first-order valence-electron chi connectivity index (χ1n) is 9.29. The topological polar surface area (TPSA) is 35.6 Å². The molecule has 0 spiro atoms. The molecule has 1 saturated carbocycles. The third kappa shape index (κ3) is 3.02. The number of rotatable bonds is 3. The van der Waals surface area contributed by atoms with Crippen LogP contribution in [0.2, 0.25) is 5.02 Å². The van der Waals surface area contributed by atoms with E-state index in [-0.39, 0.29) is 12.1 Å². The molecule has 24 heavy (non-hydrogen) atoms. The molecule has 1 aromatic rings. The molecule has 130 valence electrons. The van der Waals surface area contributed by atoms with Crippen molar-refractivity contribution in [3.8, 4) is 0 Å². The molecule has 0 radical (unpaired) electrons. The third-order valence-electron chi connectivity index (χ3n) is 5.87. The van der Waals surface area contributed by atoms with Gasteiger partial charge in [-0.1, -0.05) is 36.6 Å². The number of urea groups is 1. The Kier molecular flexibility index (Phi) is 4.68. The summed E-state index contributed by atoms with van der Waals surface area (Å²) < 4.78 is 0. The van der Waals surface area contributed by atoms with Gasteiger partial charge >= 0.3 is 6.03 Å². The molecule has 1 unspecified atom stereocenters. The first-order valence-corrected chi connectivity index (χ1v) is 9.67. The van der Waals surface area contributed by atoms with Crippen molar-refractivity contribution in [1.82, 2.24) is 15.1 Å². The van der Waals surface area contributed by atoms with Crippen molar-refractivity contribution in [2.45, 2.75) is 56.7 Å². The van der Waals surface area contributed by atoms with Crippen molar-refractivity contribution in [3.63, 3.8) is 0 Å². The minimum absolute atomic E-state index is 0.139. The summed E-state index contributed by atoms with van der Waals surface area (Å²) in [6.45, 7) is 2.81. The molecule has 0 bridgehead atoms. The molecular weight excluding hydrogens is 322 g/mol. The monoisotopic (exact) mass is 347 g/mol. The van der Waals surface area contributed by atoms with E-state index in [2.05, 4.69) is 21.2 Å². The summed E-state index contributed by atoms with van der Waals surface area (Å²) in [6.07, 6.45) is 6.91. The molecule has 2 aliphatic heterocycles. The average Bonchev–Trinajstić information content (AvgIpc) is 3.23. The van der Waals surface area contributed by atoms with Crippen LogP contribution in [0.15, 0.2) is 24.3 Å². The van der Waals surface area contributed by atoms with Crippen LogP contribution in [0.1, 0.15) is 50.1 Å². The Balaban J connectivity index is 1.64. The number of hydrogen-bond acceptors (Lipinski definition) is 2. The largest absolute Gasteiger partial charge is 0.321 e. The van der Waals surface area contributed by atoms with Gasteiger partial charge in [-0.3, -0.25) is 0 Å². The number of nitrogens with zero attached hydrogens (tertiary/aromatic N) is 2. The highest BCUT2D eigenvalue weighted by Crippen LogP contribution is 2.38. The molecule has 3 fully saturated rings. The summed E-state index contributed by atoms with van der Waals surface area (Å²) in [4.78, 5) is 17.6. The van der Waals surface area contributed by atoms with Gasteiger partial charge in [-0.2, -0.15) is 0 Å². The zero-order valence-corrected chi connectivity index (χ0v) is 14.8. The van der Waals surface area contributed by atoms with Gasteiger partial charge in [-0.05, 0) is 56.5 Å². The third-order valence-corrected chi connectivity index (χ3v) is 6.11. The summed E-state index contributed by atoms with van der Waals surface area (Å²) in [5.74, 6) is 0. The average molecular weight is 348 g/mol. The lowest BCUT2D eigenvalue weighted by Gasteiger charge is -2.35. The van der Waals surface area contributed by atoms with Crippen LogP contribution in [-0.2, 0) is 0 Å². The predicted octanol–water partition coefficient (Wildman–Crippen LogP) is 3.81. The van der Waals surface area contributed by atoms with Crippen molar-refractivity contribution in [3.05, 3.63) is 34.9 Å². The summed E-state index contributed by atoms with van der Waals surface area (Å²) in [7, 11) is 0. The van der Waals surface area contributed by atoms with Crippen molar-refractivity contribution in [1.29, 1.82) is 0 Å².